The average Bonchev–Trinajstić information content (AvgIpc) is 3.13. The van der Waals surface area contributed by atoms with Crippen molar-refractivity contribution in [1.82, 2.24) is 14.5 Å². The standard InChI is InChI=1S/C17H17N3O2/c21-13-5-1-4-12(10-13)11-15-19-14-6-2-8-18-17(14)20(15)16-7-3-9-22-16/h1-2,4-6,8,10,16,21H,3,7,9,11H2. The lowest BCUT2D eigenvalue weighted by molar-refractivity contribution is 0.0573. The van der Waals surface area contributed by atoms with Crippen LogP contribution in [0.25, 0.3) is 11.2 Å². The number of imidazole rings is 1. The Morgan fingerprint density at radius 1 is 1.27 bits per heavy atom. The molecule has 112 valence electrons. The van der Waals surface area contributed by atoms with Gasteiger partial charge < -0.3 is 9.84 Å². The van der Waals surface area contributed by atoms with Crippen molar-refractivity contribution in [2.24, 2.45) is 0 Å². The van der Waals surface area contributed by atoms with Gasteiger partial charge in [-0.2, -0.15) is 0 Å². The number of phenolic OH excluding ortho intramolecular Hbond substituents is 1. The number of pyridine rings is 1. The van der Waals surface area contributed by atoms with Crippen LogP contribution >= 0.6 is 0 Å². The van der Waals surface area contributed by atoms with Crippen molar-refractivity contribution in [3.05, 3.63) is 54.0 Å². The van der Waals surface area contributed by atoms with E-state index in [1.165, 1.54) is 0 Å². The molecule has 0 aliphatic carbocycles. The number of ether oxygens (including phenoxy) is 1. The molecule has 1 aromatic carbocycles. The van der Waals surface area contributed by atoms with Gasteiger partial charge in [0.1, 0.15) is 23.3 Å². The SMILES string of the molecule is Oc1cccc(Cc2nc3cccnc3n2C2CCCO2)c1. The Labute approximate surface area is 128 Å². The average molecular weight is 295 g/mol. The summed E-state index contributed by atoms with van der Waals surface area (Å²) < 4.78 is 7.94. The molecule has 0 amide bonds. The Bertz CT molecular complexity index is 807. The highest BCUT2D eigenvalue weighted by molar-refractivity contribution is 5.71. The van der Waals surface area contributed by atoms with Gasteiger partial charge in [-0.25, -0.2) is 9.97 Å². The highest BCUT2D eigenvalue weighted by atomic mass is 16.5. The molecule has 3 aromatic rings. The summed E-state index contributed by atoms with van der Waals surface area (Å²) in [5.41, 5.74) is 2.77. The van der Waals surface area contributed by atoms with Crippen molar-refractivity contribution in [1.29, 1.82) is 0 Å². The predicted molar refractivity (Wildman–Crippen MR) is 82.7 cm³/mol. The van der Waals surface area contributed by atoms with E-state index in [2.05, 4.69) is 9.55 Å². The van der Waals surface area contributed by atoms with Gasteiger partial charge in [0, 0.05) is 19.2 Å². The van der Waals surface area contributed by atoms with Gasteiger partial charge in [0.15, 0.2) is 5.65 Å². The van der Waals surface area contributed by atoms with Crippen LogP contribution in [0.1, 0.15) is 30.5 Å². The molecule has 4 rings (SSSR count). The number of hydrogen-bond donors (Lipinski definition) is 1. The summed E-state index contributed by atoms with van der Waals surface area (Å²) in [5.74, 6) is 1.20. The van der Waals surface area contributed by atoms with Gasteiger partial charge in [-0.1, -0.05) is 12.1 Å². The third-order valence-corrected chi connectivity index (χ3v) is 3.99. The van der Waals surface area contributed by atoms with Crippen LogP contribution in [-0.2, 0) is 11.2 Å². The molecule has 2 aromatic heterocycles. The lowest BCUT2D eigenvalue weighted by Crippen LogP contribution is -2.12. The molecule has 22 heavy (non-hydrogen) atoms. The number of nitrogens with zero attached hydrogens (tertiary/aromatic N) is 3. The van der Waals surface area contributed by atoms with Gasteiger partial charge in [-0.05, 0) is 42.7 Å². The van der Waals surface area contributed by atoms with Crippen LogP contribution in [-0.4, -0.2) is 26.2 Å². The maximum Gasteiger partial charge on any atom is 0.162 e. The maximum absolute atomic E-state index is 9.65. The molecular formula is C17H17N3O2. The molecule has 5 nitrogen and oxygen atoms in total. The van der Waals surface area contributed by atoms with Crippen molar-refractivity contribution in [3.8, 4) is 5.75 Å². The molecular weight excluding hydrogens is 278 g/mol. The van der Waals surface area contributed by atoms with Crippen LogP contribution < -0.4 is 0 Å². The van der Waals surface area contributed by atoms with Crippen LogP contribution in [0, 0.1) is 0 Å². The van der Waals surface area contributed by atoms with Crippen molar-refractivity contribution in [2.45, 2.75) is 25.5 Å². The first-order valence-corrected chi connectivity index (χ1v) is 7.52. The summed E-state index contributed by atoms with van der Waals surface area (Å²) in [6.07, 6.45) is 4.47. The van der Waals surface area contributed by atoms with E-state index in [1.807, 2.05) is 24.3 Å². The Hall–Kier alpha value is -2.40. The number of aromatic nitrogens is 3. The Balaban J connectivity index is 1.80. The van der Waals surface area contributed by atoms with E-state index in [9.17, 15) is 5.11 Å². The topological polar surface area (TPSA) is 60.2 Å². The first-order valence-electron chi connectivity index (χ1n) is 7.52. The van der Waals surface area contributed by atoms with E-state index >= 15 is 0 Å². The van der Waals surface area contributed by atoms with Crippen molar-refractivity contribution >= 4 is 11.2 Å². The zero-order valence-electron chi connectivity index (χ0n) is 12.1. The molecule has 1 atom stereocenters. The van der Waals surface area contributed by atoms with Gasteiger partial charge in [0.25, 0.3) is 0 Å². The molecule has 1 aliphatic rings. The largest absolute Gasteiger partial charge is 0.508 e. The first kappa shape index (κ1) is 13.3. The summed E-state index contributed by atoms with van der Waals surface area (Å²) >= 11 is 0. The number of fused-ring (bicyclic) bond motifs is 1. The van der Waals surface area contributed by atoms with E-state index in [0.717, 1.165) is 42.0 Å². The second-order valence-corrected chi connectivity index (χ2v) is 5.56. The Morgan fingerprint density at radius 2 is 2.23 bits per heavy atom. The number of hydrogen-bond acceptors (Lipinski definition) is 4. The molecule has 0 saturated carbocycles. The van der Waals surface area contributed by atoms with Crippen LogP contribution in [0.5, 0.6) is 5.75 Å². The fourth-order valence-electron chi connectivity index (χ4n) is 3.02. The lowest BCUT2D eigenvalue weighted by Gasteiger charge is -2.15. The zero-order chi connectivity index (χ0) is 14.9. The number of benzene rings is 1. The molecule has 1 N–H and O–H groups in total. The lowest BCUT2D eigenvalue weighted by atomic mass is 10.1. The van der Waals surface area contributed by atoms with E-state index < -0.39 is 0 Å². The highest BCUT2D eigenvalue weighted by Crippen LogP contribution is 2.29. The third-order valence-electron chi connectivity index (χ3n) is 3.99. The summed E-state index contributed by atoms with van der Waals surface area (Å²) in [4.78, 5) is 9.20. The molecule has 0 radical (unpaired) electrons. The quantitative estimate of drug-likeness (QED) is 0.807. The van der Waals surface area contributed by atoms with Crippen LogP contribution in [0.4, 0.5) is 0 Å². The van der Waals surface area contributed by atoms with Gasteiger partial charge in [-0.15, -0.1) is 0 Å². The number of aromatic hydroxyl groups is 1. The van der Waals surface area contributed by atoms with Crippen LogP contribution in [0.3, 0.4) is 0 Å². The number of phenols is 1. The Kier molecular flexibility index (Phi) is 3.27. The monoisotopic (exact) mass is 295 g/mol. The summed E-state index contributed by atoms with van der Waals surface area (Å²) in [7, 11) is 0. The maximum atomic E-state index is 9.65. The first-order chi connectivity index (χ1) is 10.8. The zero-order valence-corrected chi connectivity index (χ0v) is 12.1. The molecule has 1 aliphatic heterocycles. The van der Waals surface area contributed by atoms with Gasteiger partial charge in [0.2, 0.25) is 0 Å². The smallest absolute Gasteiger partial charge is 0.162 e. The fraction of sp³-hybridized carbons (Fsp3) is 0.294. The van der Waals surface area contributed by atoms with Crippen LogP contribution in [0.15, 0.2) is 42.6 Å². The molecule has 1 fully saturated rings. The van der Waals surface area contributed by atoms with E-state index in [1.54, 1.807) is 18.3 Å². The normalized spacial score (nSPS) is 18.1. The Morgan fingerprint density at radius 3 is 3.05 bits per heavy atom. The fourth-order valence-corrected chi connectivity index (χ4v) is 3.02. The molecule has 0 bridgehead atoms. The highest BCUT2D eigenvalue weighted by Gasteiger charge is 2.23. The molecule has 3 heterocycles. The van der Waals surface area contributed by atoms with Gasteiger partial charge >= 0.3 is 0 Å². The summed E-state index contributed by atoms with van der Waals surface area (Å²) in [5, 5.41) is 9.65. The predicted octanol–water partition coefficient (Wildman–Crippen LogP) is 3.04. The molecule has 1 saturated heterocycles. The summed E-state index contributed by atoms with van der Waals surface area (Å²) in [6.45, 7) is 0.780. The summed E-state index contributed by atoms with van der Waals surface area (Å²) in [6, 6.07) is 11.2. The van der Waals surface area contributed by atoms with Crippen molar-refractivity contribution in [3.63, 3.8) is 0 Å². The minimum Gasteiger partial charge on any atom is -0.508 e. The van der Waals surface area contributed by atoms with E-state index in [0.29, 0.717) is 6.42 Å². The second kappa shape index (κ2) is 5.42. The molecule has 1 unspecified atom stereocenters. The minimum atomic E-state index is 0.00668. The second-order valence-electron chi connectivity index (χ2n) is 5.56. The number of rotatable bonds is 3. The van der Waals surface area contributed by atoms with Gasteiger partial charge in [-0.3, -0.25) is 4.57 Å². The van der Waals surface area contributed by atoms with Crippen molar-refractivity contribution < 1.29 is 9.84 Å². The van der Waals surface area contributed by atoms with E-state index in [-0.39, 0.29) is 12.0 Å². The van der Waals surface area contributed by atoms with Gasteiger partial charge in [0.05, 0.1) is 0 Å². The van der Waals surface area contributed by atoms with Crippen LogP contribution in [0.2, 0.25) is 0 Å². The van der Waals surface area contributed by atoms with Crippen molar-refractivity contribution in [2.75, 3.05) is 6.61 Å². The van der Waals surface area contributed by atoms with E-state index in [4.69, 9.17) is 9.72 Å². The minimum absolute atomic E-state index is 0.00668. The molecule has 0 spiro atoms. The molecule has 5 heteroatoms. The third kappa shape index (κ3) is 2.33.